The van der Waals surface area contributed by atoms with Crippen LogP contribution in [0.2, 0.25) is 0 Å². The van der Waals surface area contributed by atoms with Gasteiger partial charge in [-0.25, -0.2) is 0 Å². The third-order valence-electron chi connectivity index (χ3n) is 3.01. The van der Waals surface area contributed by atoms with Gasteiger partial charge in [0.05, 0.1) is 18.8 Å². The monoisotopic (exact) mass is 323 g/mol. The number of carbonyl (C=O) groups excluding carboxylic acids is 1. The number of carbonyl (C=O) groups is 1. The van der Waals surface area contributed by atoms with E-state index in [4.69, 9.17) is 0 Å². The van der Waals surface area contributed by atoms with Gasteiger partial charge in [0.2, 0.25) is 0 Å². The van der Waals surface area contributed by atoms with Gasteiger partial charge in [-0.15, -0.1) is 0 Å². The highest BCUT2D eigenvalue weighted by Gasteiger charge is 2.30. The van der Waals surface area contributed by atoms with Crippen molar-refractivity contribution >= 4 is 17.7 Å². The molecule has 4 nitrogen and oxygen atoms in total. The fraction of sp³-hybridized carbons (Fsp3) is 0.462. The zero-order valence-corrected chi connectivity index (χ0v) is 12.1. The molecule has 0 aliphatic carbocycles. The molecule has 1 aromatic carbocycles. The Bertz CT molecular complexity index is 464. The topological polar surface area (TPSA) is 69.6 Å². The Morgan fingerprint density at radius 3 is 2.10 bits per heavy atom. The summed E-state index contributed by atoms with van der Waals surface area (Å²) in [5.41, 5.74) is -5.37. The minimum Gasteiger partial charge on any atom is -0.394 e. The third-order valence-corrected chi connectivity index (χ3v) is 3.75. The molecular formula is C13H16F3NO3S. The Morgan fingerprint density at radius 1 is 1.19 bits per heavy atom. The first-order valence-corrected chi connectivity index (χ1v) is 6.97. The predicted octanol–water partition coefficient (Wildman–Crippen LogP) is 2.16. The van der Waals surface area contributed by atoms with Crippen molar-refractivity contribution in [2.24, 2.45) is 0 Å². The molecule has 0 unspecified atom stereocenters. The molecule has 118 valence electrons. The molecule has 0 aliphatic rings. The van der Waals surface area contributed by atoms with Gasteiger partial charge >= 0.3 is 5.51 Å². The number of rotatable bonds is 6. The number of benzene rings is 1. The summed E-state index contributed by atoms with van der Waals surface area (Å²) in [5, 5.41) is 21.0. The van der Waals surface area contributed by atoms with Crippen LogP contribution in [0.1, 0.15) is 23.7 Å². The number of alkyl halides is 3. The van der Waals surface area contributed by atoms with Crippen molar-refractivity contribution in [3.8, 4) is 0 Å². The van der Waals surface area contributed by atoms with Crippen LogP contribution in [0.25, 0.3) is 0 Å². The summed E-state index contributed by atoms with van der Waals surface area (Å²) in [6.07, 6.45) is 0.313. The minimum absolute atomic E-state index is 0.0230. The molecular weight excluding hydrogens is 307 g/mol. The largest absolute Gasteiger partial charge is 0.446 e. The van der Waals surface area contributed by atoms with Crippen LogP contribution in [-0.2, 0) is 0 Å². The average Bonchev–Trinajstić information content (AvgIpc) is 2.44. The summed E-state index contributed by atoms with van der Waals surface area (Å²) in [6, 6.07) is 4.91. The third kappa shape index (κ3) is 5.22. The molecule has 0 atom stereocenters. The smallest absolute Gasteiger partial charge is 0.394 e. The highest BCUT2D eigenvalue weighted by atomic mass is 32.2. The van der Waals surface area contributed by atoms with E-state index < -0.39 is 30.2 Å². The maximum Gasteiger partial charge on any atom is 0.446 e. The van der Waals surface area contributed by atoms with Crippen molar-refractivity contribution in [3.63, 3.8) is 0 Å². The molecule has 0 bridgehead atoms. The number of aliphatic hydroxyl groups excluding tert-OH is 2. The molecule has 0 heterocycles. The lowest BCUT2D eigenvalue weighted by Crippen LogP contribution is -2.53. The van der Waals surface area contributed by atoms with Crippen molar-refractivity contribution < 1.29 is 28.2 Å². The van der Waals surface area contributed by atoms with Crippen LogP contribution in [0.3, 0.4) is 0 Å². The normalized spacial score (nSPS) is 12.3. The van der Waals surface area contributed by atoms with E-state index in [0.717, 1.165) is 0 Å². The Hall–Kier alpha value is -1.25. The second-order valence-electron chi connectivity index (χ2n) is 4.48. The number of thioether (sulfide) groups is 1. The first-order valence-electron chi connectivity index (χ1n) is 6.15. The number of nitrogens with one attached hydrogen (secondary N) is 1. The van der Waals surface area contributed by atoms with Crippen molar-refractivity contribution in [2.45, 2.75) is 29.3 Å². The number of aliphatic hydroxyl groups is 2. The Labute approximate surface area is 124 Å². The average molecular weight is 323 g/mol. The number of amides is 1. The zero-order chi connectivity index (χ0) is 16.1. The summed E-state index contributed by atoms with van der Waals surface area (Å²) in [6.45, 7) is 0.817. The van der Waals surface area contributed by atoms with Crippen molar-refractivity contribution in [1.29, 1.82) is 0 Å². The van der Waals surface area contributed by atoms with Gasteiger partial charge in [0.15, 0.2) is 0 Å². The molecule has 0 saturated heterocycles. The van der Waals surface area contributed by atoms with Gasteiger partial charge in [0.1, 0.15) is 0 Å². The lowest BCUT2D eigenvalue weighted by molar-refractivity contribution is -0.0328. The lowest BCUT2D eigenvalue weighted by Gasteiger charge is -2.29. The van der Waals surface area contributed by atoms with Gasteiger partial charge < -0.3 is 15.5 Å². The highest BCUT2D eigenvalue weighted by molar-refractivity contribution is 8.00. The van der Waals surface area contributed by atoms with E-state index >= 15 is 0 Å². The van der Waals surface area contributed by atoms with Crippen LogP contribution in [0, 0.1) is 0 Å². The van der Waals surface area contributed by atoms with E-state index in [1.54, 1.807) is 6.92 Å². The van der Waals surface area contributed by atoms with Crippen LogP contribution in [0.4, 0.5) is 13.2 Å². The van der Waals surface area contributed by atoms with Gasteiger partial charge in [0, 0.05) is 10.5 Å². The van der Waals surface area contributed by atoms with Crippen LogP contribution in [0.15, 0.2) is 29.2 Å². The molecule has 1 aromatic rings. The molecule has 8 heteroatoms. The van der Waals surface area contributed by atoms with Crippen LogP contribution in [-0.4, -0.2) is 40.4 Å². The molecule has 0 saturated carbocycles. The molecule has 1 rings (SSSR count). The molecule has 0 aliphatic heterocycles. The summed E-state index contributed by atoms with van der Waals surface area (Å²) in [5.74, 6) is -0.566. The van der Waals surface area contributed by atoms with Gasteiger partial charge in [-0.1, -0.05) is 6.92 Å². The lowest BCUT2D eigenvalue weighted by atomic mass is 9.98. The van der Waals surface area contributed by atoms with Crippen molar-refractivity contribution in [2.75, 3.05) is 13.2 Å². The van der Waals surface area contributed by atoms with Gasteiger partial charge in [0.25, 0.3) is 5.91 Å². The second kappa shape index (κ2) is 7.15. The SMILES string of the molecule is CCC(CO)(CO)NC(=O)c1ccc(SC(F)(F)F)cc1. The Morgan fingerprint density at radius 2 is 1.71 bits per heavy atom. The minimum atomic E-state index is -4.38. The van der Waals surface area contributed by atoms with Gasteiger partial charge in [-0.05, 0) is 42.4 Å². The molecule has 0 fully saturated rings. The van der Waals surface area contributed by atoms with E-state index in [0.29, 0.717) is 6.42 Å². The van der Waals surface area contributed by atoms with Crippen molar-refractivity contribution in [1.82, 2.24) is 5.32 Å². The fourth-order valence-corrected chi connectivity index (χ4v) is 2.10. The Kier molecular flexibility index (Phi) is 6.06. The molecule has 21 heavy (non-hydrogen) atoms. The molecule has 3 N–H and O–H groups in total. The van der Waals surface area contributed by atoms with E-state index in [1.165, 1.54) is 24.3 Å². The van der Waals surface area contributed by atoms with E-state index in [-0.39, 0.29) is 22.2 Å². The first kappa shape index (κ1) is 17.8. The zero-order valence-electron chi connectivity index (χ0n) is 11.3. The fourth-order valence-electron chi connectivity index (χ4n) is 1.56. The van der Waals surface area contributed by atoms with Gasteiger partial charge in [-0.3, -0.25) is 4.79 Å². The maximum atomic E-state index is 12.2. The molecule has 1 amide bonds. The van der Waals surface area contributed by atoms with Gasteiger partial charge in [-0.2, -0.15) is 13.2 Å². The highest BCUT2D eigenvalue weighted by Crippen LogP contribution is 2.36. The predicted molar refractivity (Wildman–Crippen MR) is 73.0 cm³/mol. The quantitative estimate of drug-likeness (QED) is 0.702. The molecule has 0 radical (unpaired) electrons. The molecule has 0 aromatic heterocycles. The van der Waals surface area contributed by atoms with E-state index in [9.17, 15) is 28.2 Å². The molecule has 0 spiro atoms. The summed E-state index contributed by atoms with van der Waals surface area (Å²) in [7, 11) is 0. The maximum absolute atomic E-state index is 12.2. The number of hydrogen-bond acceptors (Lipinski definition) is 4. The summed E-state index contributed by atoms with van der Waals surface area (Å²) >= 11 is -0.264. The summed E-state index contributed by atoms with van der Waals surface area (Å²) < 4.78 is 36.6. The van der Waals surface area contributed by atoms with Crippen LogP contribution in [0.5, 0.6) is 0 Å². The number of halogens is 3. The summed E-state index contributed by atoms with van der Waals surface area (Å²) in [4.78, 5) is 11.9. The Balaban J connectivity index is 2.80. The first-order chi connectivity index (χ1) is 9.75. The van der Waals surface area contributed by atoms with Crippen LogP contribution < -0.4 is 5.32 Å². The standard InChI is InChI=1S/C13H16F3NO3S/c1-2-12(7-18,8-19)17-11(20)9-3-5-10(6-4-9)21-13(14,15)16/h3-6,18-19H,2,7-8H2,1H3,(H,17,20). The van der Waals surface area contributed by atoms with E-state index in [2.05, 4.69) is 5.32 Å². The van der Waals surface area contributed by atoms with E-state index in [1.807, 2.05) is 0 Å². The van der Waals surface area contributed by atoms with Crippen molar-refractivity contribution in [3.05, 3.63) is 29.8 Å². The second-order valence-corrected chi connectivity index (χ2v) is 5.61. The number of hydrogen-bond donors (Lipinski definition) is 3. The van der Waals surface area contributed by atoms with Crippen LogP contribution >= 0.6 is 11.8 Å².